The molecule has 3 nitrogen and oxygen atoms in total. The highest BCUT2D eigenvalue weighted by Gasteiger charge is 2.13. The Bertz CT molecular complexity index is 490. The minimum atomic E-state index is -0.222. The summed E-state index contributed by atoms with van der Waals surface area (Å²) >= 11 is 0. The molecule has 1 aromatic carbocycles. The van der Waals surface area contributed by atoms with E-state index in [0.717, 1.165) is 17.1 Å². The Morgan fingerprint density at radius 3 is 2.82 bits per heavy atom. The maximum absolute atomic E-state index is 6.16. The summed E-state index contributed by atoms with van der Waals surface area (Å²) in [6.45, 7) is 2.52. The zero-order valence-corrected chi connectivity index (χ0v) is 10.1. The molecule has 2 rings (SSSR count). The monoisotopic (exact) mass is 231 g/mol. The van der Waals surface area contributed by atoms with Gasteiger partial charge < -0.3 is 14.9 Å². The van der Waals surface area contributed by atoms with Crippen LogP contribution in [0.2, 0.25) is 0 Å². The molecular formula is C14H17NO2. The predicted molar refractivity (Wildman–Crippen MR) is 66.6 cm³/mol. The number of hydrogen-bond donors (Lipinski definition) is 1. The summed E-state index contributed by atoms with van der Waals surface area (Å²) in [5.74, 6) is 1.56. The molecule has 0 saturated heterocycles. The highest BCUT2D eigenvalue weighted by molar-refractivity contribution is 5.30. The second-order valence-corrected chi connectivity index (χ2v) is 4.13. The zero-order valence-electron chi connectivity index (χ0n) is 10.1. The average molecular weight is 231 g/mol. The van der Waals surface area contributed by atoms with E-state index in [1.165, 1.54) is 5.56 Å². The molecule has 0 fully saturated rings. The molecule has 90 valence electrons. The topological polar surface area (TPSA) is 48.4 Å². The number of ether oxygens (including phenoxy) is 1. The van der Waals surface area contributed by atoms with Crippen LogP contribution in [0.1, 0.15) is 28.7 Å². The van der Waals surface area contributed by atoms with Crippen LogP contribution >= 0.6 is 0 Å². The fourth-order valence-electron chi connectivity index (χ4n) is 1.81. The Labute approximate surface area is 101 Å². The van der Waals surface area contributed by atoms with E-state index in [1.807, 2.05) is 24.3 Å². The van der Waals surface area contributed by atoms with E-state index in [4.69, 9.17) is 14.9 Å². The summed E-state index contributed by atoms with van der Waals surface area (Å²) in [5.41, 5.74) is 8.41. The molecule has 1 atom stereocenters. The van der Waals surface area contributed by atoms with Gasteiger partial charge in [0.2, 0.25) is 0 Å². The standard InChI is InChI=1S/C14H17NO2/c1-10-4-3-5-11(8-10)14(15)13-7-6-12(17-13)9-16-2/h3-8,14H,9,15H2,1-2H3. The van der Waals surface area contributed by atoms with Gasteiger partial charge >= 0.3 is 0 Å². The molecule has 0 bridgehead atoms. The highest BCUT2D eigenvalue weighted by atomic mass is 16.5. The van der Waals surface area contributed by atoms with E-state index in [1.54, 1.807) is 7.11 Å². The third kappa shape index (κ3) is 2.75. The van der Waals surface area contributed by atoms with Gasteiger partial charge in [-0.2, -0.15) is 0 Å². The van der Waals surface area contributed by atoms with Crippen molar-refractivity contribution in [2.24, 2.45) is 5.73 Å². The van der Waals surface area contributed by atoms with Gasteiger partial charge in [0.25, 0.3) is 0 Å². The zero-order chi connectivity index (χ0) is 12.3. The summed E-state index contributed by atoms with van der Waals surface area (Å²) in [7, 11) is 1.64. The minimum Gasteiger partial charge on any atom is -0.462 e. The van der Waals surface area contributed by atoms with Crippen LogP contribution in [0.25, 0.3) is 0 Å². The van der Waals surface area contributed by atoms with E-state index >= 15 is 0 Å². The van der Waals surface area contributed by atoms with Gasteiger partial charge in [-0.3, -0.25) is 0 Å². The van der Waals surface area contributed by atoms with Gasteiger partial charge in [0, 0.05) is 7.11 Å². The fraction of sp³-hybridized carbons (Fsp3) is 0.286. The molecule has 0 amide bonds. The third-order valence-electron chi connectivity index (χ3n) is 2.68. The largest absolute Gasteiger partial charge is 0.462 e. The molecule has 1 aromatic heterocycles. The predicted octanol–water partition coefficient (Wildman–Crippen LogP) is 2.78. The molecule has 1 heterocycles. The minimum absolute atomic E-state index is 0.222. The Morgan fingerprint density at radius 1 is 1.29 bits per heavy atom. The number of benzene rings is 1. The fourth-order valence-corrected chi connectivity index (χ4v) is 1.81. The summed E-state index contributed by atoms with van der Waals surface area (Å²) in [6.07, 6.45) is 0. The van der Waals surface area contributed by atoms with Crippen LogP contribution in [0.4, 0.5) is 0 Å². The number of hydrogen-bond acceptors (Lipinski definition) is 3. The van der Waals surface area contributed by atoms with Crippen LogP contribution < -0.4 is 5.73 Å². The molecule has 0 aliphatic rings. The maximum atomic E-state index is 6.16. The Morgan fingerprint density at radius 2 is 2.12 bits per heavy atom. The van der Waals surface area contributed by atoms with Crippen molar-refractivity contribution in [3.05, 3.63) is 59.0 Å². The van der Waals surface area contributed by atoms with Crippen LogP contribution in [0.15, 0.2) is 40.8 Å². The van der Waals surface area contributed by atoms with Gasteiger partial charge in [0.15, 0.2) is 0 Å². The van der Waals surface area contributed by atoms with Crippen LogP contribution in [-0.2, 0) is 11.3 Å². The van der Waals surface area contributed by atoms with Crippen LogP contribution in [0.3, 0.4) is 0 Å². The lowest BCUT2D eigenvalue weighted by Crippen LogP contribution is -2.10. The smallest absolute Gasteiger partial charge is 0.129 e. The Hall–Kier alpha value is -1.58. The lowest BCUT2D eigenvalue weighted by atomic mass is 10.0. The first-order valence-corrected chi connectivity index (χ1v) is 5.60. The van der Waals surface area contributed by atoms with Crippen LogP contribution in [0, 0.1) is 6.92 Å². The first-order chi connectivity index (χ1) is 8.20. The highest BCUT2D eigenvalue weighted by Crippen LogP contribution is 2.22. The van der Waals surface area contributed by atoms with Crippen molar-refractivity contribution in [1.29, 1.82) is 0 Å². The Balaban J connectivity index is 2.21. The molecule has 0 spiro atoms. The van der Waals surface area contributed by atoms with Crippen molar-refractivity contribution in [2.45, 2.75) is 19.6 Å². The lowest BCUT2D eigenvalue weighted by Gasteiger charge is -2.09. The third-order valence-corrected chi connectivity index (χ3v) is 2.68. The molecule has 0 aliphatic heterocycles. The number of aryl methyl sites for hydroxylation is 1. The number of methoxy groups -OCH3 is 1. The van der Waals surface area contributed by atoms with Crippen molar-refractivity contribution in [2.75, 3.05) is 7.11 Å². The van der Waals surface area contributed by atoms with Crippen molar-refractivity contribution >= 4 is 0 Å². The number of rotatable bonds is 4. The summed E-state index contributed by atoms with van der Waals surface area (Å²) in [6, 6.07) is 11.7. The van der Waals surface area contributed by atoms with E-state index in [-0.39, 0.29) is 6.04 Å². The molecule has 0 saturated carbocycles. The maximum Gasteiger partial charge on any atom is 0.129 e. The molecule has 0 aliphatic carbocycles. The first-order valence-electron chi connectivity index (χ1n) is 5.60. The van der Waals surface area contributed by atoms with Crippen molar-refractivity contribution < 1.29 is 9.15 Å². The van der Waals surface area contributed by atoms with Gasteiger partial charge in [0.05, 0.1) is 6.04 Å². The molecule has 17 heavy (non-hydrogen) atoms. The number of nitrogens with two attached hydrogens (primary N) is 1. The molecule has 0 radical (unpaired) electrons. The van der Waals surface area contributed by atoms with Gasteiger partial charge in [-0.15, -0.1) is 0 Å². The Kier molecular flexibility index (Phi) is 3.61. The summed E-state index contributed by atoms with van der Waals surface area (Å²) in [5, 5.41) is 0. The molecule has 2 aromatic rings. The second-order valence-electron chi connectivity index (χ2n) is 4.13. The molecule has 1 unspecified atom stereocenters. The molecular weight excluding hydrogens is 214 g/mol. The van der Waals surface area contributed by atoms with Crippen molar-refractivity contribution in [3.63, 3.8) is 0 Å². The average Bonchev–Trinajstić information content (AvgIpc) is 2.77. The van der Waals surface area contributed by atoms with E-state index in [0.29, 0.717) is 6.61 Å². The normalized spacial score (nSPS) is 12.6. The van der Waals surface area contributed by atoms with Crippen LogP contribution in [-0.4, -0.2) is 7.11 Å². The van der Waals surface area contributed by atoms with E-state index in [2.05, 4.69) is 19.1 Å². The summed E-state index contributed by atoms with van der Waals surface area (Å²) < 4.78 is 10.6. The molecule has 3 heteroatoms. The van der Waals surface area contributed by atoms with E-state index < -0.39 is 0 Å². The van der Waals surface area contributed by atoms with Gasteiger partial charge in [-0.1, -0.05) is 29.8 Å². The van der Waals surface area contributed by atoms with E-state index in [9.17, 15) is 0 Å². The van der Waals surface area contributed by atoms with Crippen LogP contribution in [0.5, 0.6) is 0 Å². The first kappa shape index (κ1) is 11.9. The summed E-state index contributed by atoms with van der Waals surface area (Å²) in [4.78, 5) is 0. The second kappa shape index (κ2) is 5.17. The van der Waals surface area contributed by atoms with Gasteiger partial charge in [-0.05, 0) is 24.6 Å². The SMILES string of the molecule is COCc1ccc(C(N)c2cccc(C)c2)o1. The van der Waals surface area contributed by atoms with Gasteiger partial charge in [0.1, 0.15) is 18.1 Å². The lowest BCUT2D eigenvalue weighted by molar-refractivity contribution is 0.162. The van der Waals surface area contributed by atoms with Crippen molar-refractivity contribution in [1.82, 2.24) is 0 Å². The molecule has 2 N–H and O–H groups in total. The van der Waals surface area contributed by atoms with Crippen molar-refractivity contribution in [3.8, 4) is 0 Å². The quantitative estimate of drug-likeness (QED) is 0.880. The van der Waals surface area contributed by atoms with Gasteiger partial charge in [-0.25, -0.2) is 0 Å². The number of furan rings is 1.